The van der Waals surface area contributed by atoms with E-state index >= 15 is 0 Å². The molecule has 0 spiro atoms. The molecule has 0 unspecified atom stereocenters. The van der Waals surface area contributed by atoms with E-state index in [0.29, 0.717) is 10.0 Å². The third-order valence-electron chi connectivity index (χ3n) is 4.09. The lowest BCUT2D eigenvalue weighted by Gasteiger charge is -2.14. The fourth-order valence-electron chi connectivity index (χ4n) is 2.79. The van der Waals surface area contributed by atoms with Gasteiger partial charge in [0.05, 0.1) is 17.8 Å². The average Bonchev–Trinajstić information content (AvgIpc) is 3.30. The number of pyridine rings is 1. The van der Waals surface area contributed by atoms with Gasteiger partial charge in [-0.25, -0.2) is 14.3 Å². The summed E-state index contributed by atoms with van der Waals surface area (Å²) in [6.07, 6.45) is 3.53. The molecule has 0 radical (unpaired) electrons. The van der Waals surface area contributed by atoms with Crippen molar-refractivity contribution in [1.82, 2.24) is 14.6 Å². The monoisotopic (exact) mass is 412 g/mol. The van der Waals surface area contributed by atoms with Crippen LogP contribution < -0.4 is 5.32 Å². The summed E-state index contributed by atoms with van der Waals surface area (Å²) in [5, 5.41) is 7.79. The van der Waals surface area contributed by atoms with E-state index in [1.807, 2.05) is 61.7 Å². The van der Waals surface area contributed by atoms with Gasteiger partial charge in [0.1, 0.15) is 16.6 Å². The number of benzene rings is 1. The number of hydrogen-bond acceptors (Lipinski definition) is 6. The first-order valence-corrected chi connectivity index (χ1v) is 9.89. The fraction of sp³-hybridized carbons (Fsp3) is 0.150. The molecule has 0 aliphatic heterocycles. The van der Waals surface area contributed by atoms with E-state index in [2.05, 4.69) is 15.4 Å². The number of hydrogen-bond donors (Lipinski definition) is 1. The lowest BCUT2D eigenvalue weighted by atomic mass is 10.2. The Balaban J connectivity index is 1.45. The van der Waals surface area contributed by atoms with Crippen molar-refractivity contribution in [2.75, 3.05) is 11.9 Å². The van der Waals surface area contributed by atoms with E-state index in [-0.39, 0.29) is 17.7 Å². The van der Waals surface area contributed by atoms with E-state index in [1.54, 1.807) is 10.7 Å². The number of ether oxygens (including phenoxy) is 1. The smallest absolute Gasteiger partial charge is 0.367 e. The van der Waals surface area contributed by atoms with Gasteiger partial charge < -0.3 is 10.1 Å². The van der Waals surface area contributed by atoms with Gasteiger partial charge in [-0.05, 0) is 31.2 Å². The van der Waals surface area contributed by atoms with Gasteiger partial charge in [0, 0.05) is 17.4 Å². The molecule has 6 nitrogen and oxygen atoms in total. The number of halogens is 1. The van der Waals surface area contributed by atoms with Gasteiger partial charge in [-0.1, -0.05) is 47.2 Å². The Labute approximate surface area is 170 Å². The van der Waals surface area contributed by atoms with Crippen molar-refractivity contribution in [2.45, 2.75) is 13.0 Å². The summed E-state index contributed by atoms with van der Waals surface area (Å²) in [4.78, 5) is 16.8. The number of anilines is 1. The van der Waals surface area contributed by atoms with Gasteiger partial charge in [-0.15, -0.1) is 0 Å². The second-order valence-corrected chi connectivity index (χ2v) is 7.84. The molecule has 28 heavy (non-hydrogen) atoms. The Morgan fingerprint density at radius 1 is 1.25 bits per heavy atom. The lowest BCUT2D eigenvalue weighted by Crippen LogP contribution is -2.23. The molecule has 4 rings (SSSR count). The first-order chi connectivity index (χ1) is 13.6. The van der Waals surface area contributed by atoms with Crippen LogP contribution in [0.2, 0.25) is 4.34 Å². The molecule has 1 atom stereocenters. The molecule has 8 heteroatoms. The Bertz CT molecular complexity index is 1110. The maximum Gasteiger partial charge on any atom is 0.367 e. The van der Waals surface area contributed by atoms with Crippen molar-refractivity contribution < 1.29 is 9.53 Å². The van der Waals surface area contributed by atoms with Crippen LogP contribution in [0.5, 0.6) is 0 Å². The number of nitrogens with zero attached hydrogens (tertiary/aromatic N) is 3. The van der Waals surface area contributed by atoms with Gasteiger partial charge >= 0.3 is 5.97 Å². The number of nitrogens with one attached hydrogen (secondary N) is 1. The molecular formula is C20H17ClN4O2S. The van der Waals surface area contributed by atoms with Crippen molar-refractivity contribution in [1.29, 1.82) is 0 Å². The molecule has 0 saturated heterocycles. The van der Waals surface area contributed by atoms with E-state index in [4.69, 9.17) is 16.3 Å². The number of carbonyl (C=O) groups excluding carboxylic acids is 1. The molecule has 0 fully saturated rings. The summed E-state index contributed by atoms with van der Waals surface area (Å²) >= 11 is 7.46. The molecule has 4 aromatic rings. The van der Waals surface area contributed by atoms with Crippen LogP contribution in [0.25, 0.3) is 16.8 Å². The van der Waals surface area contributed by atoms with Gasteiger partial charge in [-0.2, -0.15) is 5.10 Å². The topological polar surface area (TPSA) is 68.5 Å². The van der Waals surface area contributed by atoms with Gasteiger partial charge in [0.15, 0.2) is 0 Å². The van der Waals surface area contributed by atoms with Crippen LogP contribution in [0.4, 0.5) is 5.69 Å². The Hall–Kier alpha value is -2.90. The molecular weight excluding hydrogens is 396 g/mol. The van der Waals surface area contributed by atoms with Crippen molar-refractivity contribution >= 4 is 40.1 Å². The third kappa shape index (κ3) is 3.85. The summed E-state index contributed by atoms with van der Waals surface area (Å²) in [5.41, 5.74) is 3.16. The van der Waals surface area contributed by atoms with E-state index < -0.39 is 5.97 Å². The van der Waals surface area contributed by atoms with Gasteiger partial charge in [-0.3, -0.25) is 0 Å². The zero-order chi connectivity index (χ0) is 19.5. The molecule has 0 aliphatic rings. The number of rotatable bonds is 6. The number of para-hydroxylation sites is 1. The minimum atomic E-state index is -0.490. The zero-order valence-corrected chi connectivity index (χ0v) is 16.6. The van der Waals surface area contributed by atoms with E-state index in [9.17, 15) is 4.79 Å². The van der Waals surface area contributed by atoms with Crippen molar-refractivity contribution in [3.05, 3.63) is 70.3 Å². The Morgan fingerprint density at radius 3 is 2.86 bits per heavy atom. The summed E-state index contributed by atoms with van der Waals surface area (Å²) in [5.74, 6) is -0.490. The second kappa shape index (κ2) is 8.00. The van der Waals surface area contributed by atoms with Crippen LogP contribution in [-0.2, 0) is 4.74 Å². The Kier molecular flexibility index (Phi) is 5.27. The molecule has 3 aromatic heterocycles. The van der Waals surface area contributed by atoms with E-state index in [0.717, 1.165) is 28.1 Å². The summed E-state index contributed by atoms with van der Waals surface area (Å²) < 4.78 is 7.57. The summed E-state index contributed by atoms with van der Waals surface area (Å²) in [6, 6.07) is 15.4. The minimum absolute atomic E-state index is 0.0409. The standard InChI is InChI=1S/C20H17ClN4O2S/c1-13(23-14-7-3-2-4-8-14)12-27-20(26)19-24-17(18(21)28-19)15-11-22-25-10-6-5-9-16(15)25/h2-11,13,23H,12H2,1H3/t13-/m0/s1. The first kappa shape index (κ1) is 18.5. The minimum Gasteiger partial charge on any atom is -0.458 e. The molecule has 1 N–H and O–H groups in total. The molecule has 0 aliphatic carbocycles. The number of thiazole rings is 1. The highest BCUT2D eigenvalue weighted by Crippen LogP contribution is 2.35. The number of esters is 1. The maximum absolute atomic E-state index is 12.4. The maximum atomic E-state index is 12.4. The van der Waals surface area contributed by atoms with Crippen LogP contribution >= 0.6 is 22.9 Å². The fourth-order valence-corrected chi connectivity index (χ4v) is 3.86. The third-order valence-corrected chi connectivity index (χ3v) is 5.33. The quantitative estimate of drug-likeness (QED) is 0.462. The number of fused-ring (bicyclic) bond motifs is 1. The molecule has 0 bridgehead atoms. The second-order valence-electron chi connectivity index (χ2n) is 6.24. The molecule has 0 amide bonds. The highest BCUT2D eigenvalue weighted by atomic mass is 35.5. The number of aromatic nitrogens is 3. The normalized spacial score (nSPS) is 12.1. The molecule has 1 aromatic carbocycles. The predicted molar refractivity (Wildman–Crippen MR) is 111 cm³/mol. The first-order valence-electron chi connectivity index (χ1n) is 8.69. The predicted octanol–water partition coefficient (Wildman–Crippen LogP) is 4.77. The van der Waals surface area contributed by atoms with Crippen LogP contribution in [-0.4, -0.2) is 33.2 Å². The van der Waals surface area contributed by atoms with Crippen LogP contribution in [0, 0.1) is 0 Å². The lowest BCUT2D eigenvalue weighted by molar-refractivity contribution is 0.0494. The summed E-state index contributed by atoms with van der Waals surface area (Å²) in [6.45, 7) is 2.16. The molecule has 142 valence electrons. The van der Waals surface area contributed by atoms with Crippen molar-refractivity contribution in [3.8, 4) is 11.3 Å². The van der Waals surface area contributed by atoms with Crippen molar-refractivity contribution in [2.24, 2.45) is 0 Å². The van der Waals surface area contributed by atoms with E-state index in [1.165, 1.54) is 0 Å². The highest BCUT2D eigenvalue weighted by Gasteiger charge is 2.21. The van der Waals surface area contributed by atoms with Gasteiger partial charge in [0.2, 0.25) is 5.01 Å². The van der Waals surface area contributed by atoms with Crippen molar-refractivity contribution in [3.63, 3.8) is 0 Å². The summed E-state index contributed by atoms with van der Waals surface area (Å²) in [7, 11) is 0. The zero-order valence-electron chi connectivity index (χ0n) is 15.0. The highest BCUT2D eigenvalue weighted by molar-refractivity contribution is 7.18. The largest absolute Gasteiger partial charge is 0.458 e. The Morgan fingerprint density at radius 2 is 2.04 bits per heavy atom. The SMILES string of the molecule is C[C@@H](COC(=O)c1nc(-c2cnn3ccccc23)c(Cl)s1)Nc1ccccc1. The average molecular weight is 413 g/mol. The molecule has 0 saturated carbocycles. The van der Waals surface area contributed by atoms with Crippen LogP contribution in [0.3, 0.4) is 0 Å². The van der Waals surface area contributed by atoms with Crippen LogP contribution in [0.1, 0.15) is 16.7 Å². The van der Waals surface area contributed by atoms with Gasteiger partial charge in [0.25, 0.3) is 0 Å². The molecule has 3 heterocycles. The van der Waals surface area contributed by atoms with Crippen LogP contribution in [0.15, 0.2) is 60.9 Å². The number of carbonyl (C=O) groups is 1.